The molecule has 0 aromatic rings. The monoisotopic (exact) mass is 256 g/mol. The Bertz CT molecular complexity index is 258. The van der Waals surface area contributed by atoms with Crippen molar-refractivity contribution in [3.63, 3.8) is 0 Å². The zero-order valence-corrected chi connectivity index (χ0v) is 12.0. The molecule has 0 aromatic heterocycles. The Morgan fingerprint density at radius 2 is 2.17 bits per heavy atom. The van der Waals surface area contributed by atoms with Gasteiger partial charge in [0.2, 0.25) is 5.91 Å². The molecular formula is C14H28N2O2. The van der Waals surface area contributed by atoms with Gasteiger partial charge in [-0.05, 0) is 39.7 Å². The molecule has 1 aliphatic rings. The number of amides is 1. The van der Waals surface area contributed by atoms with Crippen LogP contribution in [0.1, 0.15) is 52.9 Å². The molecule has 1 aliphatic heterocycles. The average molecular weight is 256 g/mol. The van der Waals surface area contributed by atoms with Crippen molar-refractivity contribution >= 4 is 5.91 Å². The molecule has 0 radical (unpaired) electrons. The lowest BCUT2D eigenvalue weighted by molar-refractivity contribution is -0.128. The topological polar surface area (TPSA) is 52.6 Å². The lowest BCUT2D eigenvalue weighted by Crippen LogP contribution is -2.54. The van der Waals surface area contributed by atoms with Crippen LogP contribution in [-0.2, 0) is 4.79 Å². The zero-order valence-electron chi connectivity index (χ0n) is 12.0. The van der Waals surface area contributed by atoms with Crippen LogP contribution >= 0.6 is 0 Å². The second-order valence-corrected chi connectivity index (χ2v) is 5.44. The molecule has 4 heteroatoms. The van der Waals surface area contributed by atoms with Crippen LogP contribution in [0.3, 0.4) is 0 Å². The molecule has 2 N–H and O–H groups in total. The molecule has 0 bridgehead atoms. The molecule has 0 spiro atoms. The number of hydrogen-bond acceptors (Lipinski definition) is 3. The molecule has 18 heavy (non-hydrogen) atoms. The number of nitrogens with zero attached hydrogens (tertiary/aromatic N) is 1. The van der Waals surface area contributed by atoms with Crippen LogP contribution < -0.4 is 5.32 Å². The Kier molecular flexibility index (Phi) is 6.65. The predicted molar refractivity (Wildman–Crippen MR) is 73.4 cm³/mol. The van der Waals surface area contributed by atoms with Gasteiger partial charge in [0, 0.05) is 12.1 Å². The molecular weight excluding hydrogens is 228 g/mol. The third kappa shape index (κ3) is 4.25. The van der Waals surface area contributed by atoms with E-state index >= 15 is 0 Å². The van der Waals surface area contributed by atoms with Crippen molar-refractivity contribution < 1.29 is 9.90 Å². The highest BCUT2D eigenvalue weighted by molar-refractivity contribution is 5.81. The smallest absolute Gasteiger partial charge is 0.237 e. The lowest BCUT2D eigenvalue weighted by atomic mass is 10.0. The van der Waals surface area contributed by atoms with E-state index in [9.17, 15) is 9.90 Å². The van der Waals surface area contributed by atoms with E-state index in [-0.39, 0.29) is 30.6 Å². The molecule has 1 amide bonds. The molecule has 1 rings (SSSR count). The molecule has 0 aliphatic carbocycles. The molecule has 106 valence electrons. The molecule has 1 heterocycles. The lowest BCUT2D eigenvalue weighted by Gasteiger charge is -2.38. The van der Waals surface area contributed by atoms with Gasteiger partial charge in [-0.2, -0.15) is 0 Å². The maximum atomic E-state index is 12.2. The van der Waals surface area contributed by atoms with E-state index in [1.807, 2.05) is 13.8 Å². The summed E-state index contributed by atoms with van der Waals surface area (Å²) in [7, 11) is 0. The van der Waals surface area contributed by atoms with Crippen molar-refractivity contribution in [3.8, 4) is 0 Å². The predicted octanol–water partition coefficient (Wildman–Crippen LogP) is 1.53. The third-order valence-electron chi connectivity index (χ3n) is 3.87. The number of carbonyl (C=O) groups excluding carboxylic acids is 1. The largest absolute Gasteiger partial charge is 0.395 e. The maximum absolute atomic E-state index is 12.2. The molecule has 0 saturated carbocycles. The first kappa shape index (κ1) is 15.4. The van der Waals surface area contributed by atoms with Crippen LogP contribution in [0.25, 0.3) is 0 Å². The van der Waals surface area contributed by atoms with Crippen LogP contribution in [0.5, 0.6) is 0 Å². The van der Waals surface area contributed by atoms with E-state index in [0.717, 1.165) is 38.6 Å². The number of aliphatic hydroxyl groups is 1. The summed E-state index contributed by atoms with van der Waals surface area (Å²) in [5.41, 5.74) is 0. The maximum Gasteiger partial charge on any atom is 0.237 e. The summed E-state index contributed by atoms with van der Waals surface area (Å²) < 4.78 is 0. The number of piperidine rings is 1. The summed E-state index contributed by atoms with van der Waals surface area (Å²) in [4.78, 5) is 14.3. The average Bonchev–Trinajstić information content (AvgIpc) is 2.38. The first-order chi connectivity index (χ1) is 8.60. The van der Waals surface area contributed by atoms with Gasteiger partial charge >= 0.3 is 0 Å². The number of carbonyl (C=O) groups is 1. The van der Waals surface area contributed by atoms with Gasteiger partial charge in [0.15, 0.2) is 0 Å². The van der Waals surface area contributed by atoms with Gasteiger partial charge in [-0.25, -0.2) is 0 Å². The molecule has 0 aromatic carbocycles. The van der Waals surface area contributed by atoms with Crippen molar-refractivity contribution in [2.75, 3.05) is 13.2 Å². The van der Waals surface area contributed by atoms with E-state index < -0.39 is 0 Å². The Hall–Kier alpha value is -0.610. The van der Waals surface area contributed by atoms with E-state index in [0.29, 0.717) is 0 Å². The quantitative estimate of drug-likeness (QED) is 0.758. The van der Waals surface area contributed by atoms with Crippen LogP contribution in [0.2, 0.25) is 0 Å². The highest BCUT2D eigenvalue weighted by Crippen LogP contribution is 2.19. The summed E-state index contributed by atoms with van der Waals surface area (Å²) in [5, 5.41) is 12.4. The number of nitrogens with one attached hydrogen (secondary N) is 1. The highest BCUT2D eigenvalue weighted by Gasteiger charge is 2.30. The van der Waals surface area contributed by atoms with E-state index in [2.05, 4.69) is 17.1 Å². The first-order valence-electron chi connectivity index (χ1n) is 7.27. The minimum Gasteiger partial charge on any atom is -0.395 e. The van der Waals surface area contributed by atoms with Gasteiger partial charge in [0.25, 0.3) is 0 Å². The zero-order chi connectivity index (χ0) is 13.5. The summed E-state index contributed by atoms with van der Waals surface area (Å²) in [6, 6.07) is 0.255. The van der Waals surface area contributed by atoms with Crippen LogP contribution in [-0.4, -0.2) is 47.2 Å². The van der Waals surface area contributed by atoms with Crippen LogP contribution in [0, 0.1) is 0 Å². The van der Waals surface area contributed by atoms with Gasteiger partial charge in [0.05, 0.1) is 12.6 Å². The van der Waals surface area contributed by atoms with Crippen molar-refractivity contribution in [3.05, 3.63) is 0 Å². The Labute approximate surface area is 111 Å². The molecule has 1 saturated heterocycles. The van der Waals surface area contributed by atoms with Crippen LogP contribution in [0.4, 0.5) is 0 Å². The molecule has 1 fully saturated rings. The summed E-state index contributed by atoms with van der Waals surface area (Å²) in [6.45, 7) is 7.19. The van der Waals surface area contributed by atoms with Gasteiger partial charge in [-0.15, -0.1) is 0 Å². The normalized spacial score (nSPS) is 24.6. The Morgan fingerprint density at radius 1 is 1.44 bits per heavy atom. The van der Waals surface area contributed by atoms with E-state index in [4.69, 9.17) is 0 Å². The van der Waals surface area contributed by atoms with Crippen molar-refractivity contribution in [2.45, 2.75) is 71.0 Å². The Morgan fingerprint density at radius 3 is 2.78 bits per heavy atom. The van der Waals surface area contributed by atoms with Gasteiger partial charge in [0.1, 0.15) is 0 Å². The highest BCUT2D eigenvalue weighted by atomic mass is 16.3. The van der Waals surface area contributed by atoms with Gasteiger partial charge < -0.3 is 10.4 Å². The number of aliphatic hydroxyl groups excluding tert-OH is 1. The van der Waals surface area contributed by atoms with Gasteiger partial charge in [-0.1, -0.05) is 19.8 Å². The molecule has 4 nitrogen and oxygen atoms in total. The standard InChI is InChI=1S/C14H28N2O2/c1-4-7-11(2)15-14(18)12(3)16-9-6-5-8-13(16)10-17/h11-13,17H,4-10H2,1-3H3,(H,15,18). The van der Waals surface area contributed by atoms with Gasteiger partial charge in [-0.3, -0.25) is 9.69 Å². The number of rotatable bonds is 6. The summed E-state index contributed by atoms with van der Waals surface area (Å²) >= 11 is 0. The fraction of sp³-hybridized carbons (Fsp3) is 0.929. The minimum atomic E-state index is -0.137. The Balaban J connectivity index is 2.50. The van der Waals surface area contributed by atoms with E-state index in [1.54, 1.807) is 0 Å². The SMILES string of the molecule is CCCC(C)NC(=O)C(C)N1CCCCC1CO. The van der Waals surface area contributed by atoms with Crippen molar-refractivity contribution in [1.82, 2.24) is 10.2 Å². The first-order valence-corrected chi connectivity index (χ1v) is 7.27. The van der Waals surface area contributed by atoms with Crippen molar-refractivity contribution in [1.29, 1.82) is 0 Å². The molecule has 3 unspecified atom stereocenters. The fourth-order valence-corrected chi connectivity index (χ4v) is 2.75. The third-order valence-corrected chi connectivity index (χ3v) is 3.87. The number of hydrogen-bond donors (Lipinski definition) is 2. The minimum absolute atomic E-state index is 0.0938. The second-order valence-electron chi connectivity index (χ2n) is 5.44. The molecule has 3 atom stereocenters. The summed E-state index contributed by atoms with van der Waals surface area (Å²) in [6.07, 6.45) is 5.38. The van der Waals surface area contributed by atoms with Crippen molar-refractivity contribution in [2.24, 2.45) is 0 Å². The van der Waals surface area contributed by atoms with E-state index in [1.165, 1.54) is 0 Å². The summed E-state index contributed by atoms with van der Waals surface area (Å²) in [5.74, 6) is 0.0938. The fourth-order valence-electron chi connectivity index (χ4n) is 2.75. The second kappa shape index (κ2) is 7.74. The number of likely N-dealkylation sites (tertiary alicyclic amines) is 1. The van der Waals surface area contributed by atoms with Crippen LogP contribution in [0.15, 0.2) is 0 Å².